The first-order valence-corrected chi connectivity index (χ1v) is 6.99. The lowest BCUT2D eigenvalue weighted by Gasteiger charge is -2.40. The molecule has 0 saturated carbocycles. The number of guanidine groups is 1. The van der Waals surface area contributed by atoms with Gasteiger partial charge >= 0.3 is 0 Å². The minimum atomic E-state index is 0. The maximum absolute atomic E-state index is 4.80. The van der Waals surface area contributed by atoms with Crippen LogP contribution in [0.3, 0.4) is 0 Å². The zero-order valence-electron chi connectivity index (χ0n) is 13.4. The molecule has 114 valence electrons. The van der Waals surface area contributed by atoms with Crippen molar-refractivity contribution in [2.45, 2.75) is 38.6 Å². The lowest BCUT2D eigenvalue weighted by atomic mass is 9.99. The number of nitrogens with zero attached hydrogens (tertiary/aromatic N) is 4. The zero-order chi connectivity index (χ0) is 13.8. The third-order valence-electron chi connectivity index (χ3n) is 3.62. The second-order valence-electron chi connectivity index (χ2n) is 6.27. The molecule has 0 bridgehead atoms. The van der Waals surface area contributed by atoms with Crippen LogP contribution in [0.5, 0.6) is 0 Å². The highest BCUT2D eigenvalue weighted by atomic mass is 127. The number of rotatable bonds is 3. The number of hydrogen-bond acceptors (Lipinski definition) is 2. The van der Waals surface area contributed by atoms with Crippen molar-refractivity contribution >= 4 is 29.9 Å². The Bertz CT molecular complexity index is 271. The van der Waals surface area contributed by atoms with Crippen LogP contribution in [0.4, 0.5) is 0 Å². The Balaban J connectivity index is 0.00000324. The maximum atomic E-state index is 4.80. The number of hydrogen-bond donors (Lipinski definition) is 0. The Morgan fingerprint density at radius 3 is 1.89 bits per heavy atom. The SMILES string of the molecule is CN(C)C(=NCC(C)(C)N1CCCCC1)N(C)C.I. The highest BCUT2D eigenvalue weighted by Crippen LogP contribution is 2.20. The molecule has 0 aromatic carbocycles. The Kier molecular flexibility index (Phi) is 8.27. The average molecular weight is 382 g/mol. The maximum Gasteiger partial charge on any atom is 0.195 e. The molecule has 0 radical (unpaired) electrons. The minimum absolute atomic E-state index is 0. The van der Waals surface area contributed by atoms with Gasteiger partial charge in [-0.25, -0.2) is 0 Å². The first kappa shape index (κ1) is 19.0. The van der Waals surface area contributed by atoms with E-state index in [0.717, 1.165) is 12.5 Å². The van der Waals surface area contributed by atoms with E-state index in [9.17, 15) is 0 Å². The molecule has 0 aromatic rings. The van der Waals surface area contributed by atoms with Gasteiger partial charge in [-0.1, -0.05) is 6.42 Å². The fourth-order valence-corrected chi connectivity index (χ4v) is 2.55. The third-order valence-corrected chi connectivity index (χ3v) is 3.62. The minimum Gasteiger partial charge on any atom is -0.349 e. The van der Waals surface area contributed by atoms with Crippen LogP contribution in [0.2, 0.25) is 0 Å². The van der Waals surface area contributed by atoms with Gasteiger partial charge in [0, 0.05) is 33.7 Å². The van der Waals surface area contributed by atoms with Crippen LogP contribution >= 0.6 is 24.0 Å². The zero-order valence-corrected chi connectivity index (χ0v) is 15.8. The second-order valence-corrected chi connectivity index (χ2v) is 6.27. The van der Waals surface area contributed by atoms with E-state index in [1.807, 2.05) is 28.2 Å². The molecule has 1 aliphatic heterocycles. The van der Waals surface area contributed by atoms with E-state index in [1.54, 1.807) is 0 Å². The molecule has 1 fully saturated rings. The molecular weight excluding hydrogens is 351 g/mol. The predicted octanol–water partition coefficient (Wildman–Crippen LogP) is 2.35. The summed E-state index contributed by atoms with van der Waals surface area (Å²) in [6.45, 7) is 7.93. The lowest BCUT2D eigenvalue weighted by Crippen LogP contribution is -2.49. The highest BCUT2D eigenvalue weighted by molar-refractivity contribution is 14.0. The summed E-state index contributed by atoms with van der Waals surface area (Å²) in [4.78, 5) is 11.5. The van der Waals surface area contributed by atoms with Crippen molar-refractivity contribution in [2.75, 3.05) is 47.8 Å². The molecule has 0 atom stereocenters. The van der Waals surface area contributed by atoms with E-state index >= 15 is 0 Å². The molecular formula is C14H31IN4. The topological polar surface area (TPSA) is 22.1 Å². The summed E-state index contributed by atoms with van der Waals surface area (Å²) >= 11 is 0. The van der Waals surface area contributed by atoms with E-state index in [4.69, 9.17) is 4.99 Å². The van der Waals surface area contributed by atoms with Crippen LogP contribution in [-0.4, -0.2) is 74.0 Å². The van der Waals surface area contributed by atoms with Gasteiger partial charge in [0.2, 0.25) is 0 Å². The molecule has 5 heteroatoms. The standard InChI is InChI=1S/C14H30N4.HI/c1-14(2,18-10-8-7-9-11-18)12-15-13(16(3)4)17(5)6;/h7-12H2,1-6H3;1H. The molecule has 0 amide bonds. The fraction of sp³-hybridized carbons (Fsp3) is 0.929. The predicted molar refractivity (Wildman–Crippen MR) is 94.6 cm³/mol. The van der Waals surface area contributed by atoms with Crippen molar-refractivity contribution in [3.8, 4) is 0 Å². The Hall–Kier alpha value is -0.0400. The summed E-state index contributed by atoms with van der Waals surface area (Å²) in [7, 11) is 8.19. The third kappa shape index (κ3) is 5.85. The molecule has 0 spiro atoms. The van der Waals surface area contributed by atoms with E-state index in [-0.39, 0.29) is 29.5 Å². The van der Waals surface area contributed by atoms with Crippen molar-refractivity contribution in [3.63, 3.8) is 0 Å². The van der Waals surface area contributed by atoms with Gasteiger partial charge in [-0.3, -0.25) is 9.89 Å². The molecule has 0 N–H and O–H groups in total. The number of halogens is 1. The van der Waals surface area contributed by atoms with Crippen molar-refractivity contribution in [2.24, 2.45) is 4.99 Å². The first-order chi connectivity index (χ1) is 8.34. The molecule has 0 unspecified atom stereocenters. The molecule has 1 aliphatic rings. The van der Waals surface area contributed by atoms with E-state index < -0.39 is 0 Å². The fourth-order valence-electron chi connectivity index (χ4n) is 2.55. The summed E-state index contributed by atoms with van der Waals surface area (Å²) in [5, 5.41) is 0. The van der Waals surface area contributed by atoms with Crippen LogP contribution in [0.1, 0.15) is 33.1 Å². The van der Waals surface area contributed by atoms with Gasteiger partial charge in [-0.2, -0.15) is 0 Å². The number of likely N-dealkylation sites (tertiary alicyclic amines) is 1. The second kappa shape index (κ2) is 8.29. The summed E-state index contributed by atoms with van der Waals surface area (Å²) < 4.78 is 0. The first-order valence-electron chi connectivity index (χ1n) is 6.99. The molecule has 19 heavy (non-hydrogen) atoms. The molecule has 1 saturated heterocycles. The van der Waals surface area contributed by atoms with Crippen molar-refractivity contribution in [1.29, 1.82) is 0 Å². The van der Waals surface area contributed by atoms with Crippen LogP contribution in [0, 0.1) is 0 Å². The number of piperidine rings is 1. The summed E-state index contributed by atoms with van der Waals surface area (Å²) in [6.07, 6.45) is 4.05. The van der Waals surface area contributed by atoms with Crippen LogP contribution in [-0.2, 0) is 0 Å². The van der Waals surface area contributed by atoms with Crippen LogP contribution in [0.15, 0.2) is 4.99 Å². The normalized spacial score (nSPS) is 16.5. The Morgan fingerprint density at radius 2 is 1.47 bits per heavy atom. The monoisotopic (exact) mass is 382 g/mol. The van der Waals surface area contributed by atoms with Gasteiger partial charge < -0.3 is 9.80 Å². The van der Waals surface area contributed by atoms with Crippen LogP contribution < -0.4 is 0 Å². The molecule has 4 nitrogen and oxygen atoms in total. The lowest BCUT2D eigenvalue weighted by molar-refractivity contribution is 0.102. The van der Waals surface area contributed by atoms with Crippen molar-refractivity contribution in [1.82, 2.24) is 14.7 Å². The van der Waals surface area contributed by atoms with Gasteiger partial charge in [-0.15, -0.1) is 24.0 Å². The van der Waals surface area contributed by atoms with Crippen molar-refractivity contribution < 1.29 is 0 Å². The largest absolute Gasteiger partial charge is 0.349 e. The number of aliphatic imine (C=N–C) groups is 1. The van der Waals surface area contributed by atoms with Gasteiger partial charge in [0.05, 0.1) is 6.54 Å². The summed E-state index contributed by atoms with van der Waals surface area (Å²) in [5.74, 6) is 1.04. The summed E-state index contributed by atoms with van der Waals surface area (Å²) in [5.41, 5.74) is 0.164. The van der Waals surface area contributed by atoms with Crippen molar-refractivity contribution in [3.05, 3.63) is 0 Å². The van der Waals surface area contributed by atoms with Gasteiger partial charge in [0.25, 0.3) is 0 Å². The van der Waals surface area contributed by atoms with Gasteiger partial charge in [-0.05, 0) is 39.8 Å². The quantitative estimate of drug-likeness (QED) is 0.425. The van der Waals surface area contributed by atoms with Gasteiger partial charge in [0.15, 0.2) is 5.96 Å². The molecule has 1 heterocycles. The average Bonchev–Trinajstić information content (AvgIpc) is 2.29. The van der Waals surface area contributed by atoms with Gasteiger partial charge in [0.1, 0.15) is 0 Å². The van der Waals surface area contributed by atoms with E-state index in [1.165, 1.54) is 32.4 Å². The van der Waals surface area contributed by atoms with Crippen LogP contribution in [0.25, 0.3) is 0 Å². The Labute approximate surface area is 136 Å². The van der Waals surface area contributed by atoms with E-state index in [0.29, 0.717) is 0 Å². The molecule has 0 aliphatic carbocycles. The smallest absolute Gasteiger partial charge is 0.195 e. The molecule has 0 aromatic heterocycles. The highest BCUT2D eigenvalue weighted by Gasteiger charge is 2.27. The van der Waals surface area contributed by atoms with E-state index in [2.05, 4.69) is 28.5 Å². The summed E-state index contributed by atoms with van der Waals surface area (Å²) in [6, 6.07) is 0. The Morgan fingerprint density at radius 1 is 1.00 bits per heavy atom. The molecule has 1 rings (SSSR count).